The van der Waals surface area contributed by atoms with E-state index in [-0.39, 0.29) is 5.92 Å². The molecular weight excluding hydrogens is 224 g/mol. The van der Waals surface area contributed by atoms with E-state index < -0.39 is 0 Å². The number of carbonyl (C=O) groups excluding carboxylic acids is 1. The third-order valence-corrected chi connectivity index (χ3v) is 3.85. The molecule has 1 aromatic rings. The quantitative estimate of drug-likeness (QED) is 0.811. The molecule has 2 rings (SSSR count). The first-order valence-corrected chi connectivity index (χ1v) is 6.25. The van der Waals surface area contributed by atoms with Gasteiger partial charge in [0, 0.05) is 12.5 Å². The molecule has 0 spiro atoms. The molecule has 16 heavy (non-hydrogen) atoms. The van der Waals surface area contributed by atoms with Crippen LogP contribution in [0.3, 0.4) is 0 Å². The van der Waals surface area contributed by atoms with E-state index in [0.717, 1.165) is 30.8 Å². The van der Waals surface area contributed by atoms with Gasteiger partial charge in [0.2, 0.25) is 0 Å². The maximum absolute atomic E-state index is 11.9. The molecular formula is C12H17ClN2O. The van der Waals surface area contributed by atoms with Gasteiger partial charge in [0.05, 0.1) is 22.8 Å². The van der Waals surface area contributed by atoms with Crippen molar-refractivity contribution in [1.29, 1.82) is 0 Å². The van der Waals surface area contributed by atoms with E-state index in [4.69, 9.17) is 11.6 Å². The molecule has 1 aromatic heterocycles. The first-order chi connectivity index (χ1) is 7.63. The molecule has 0 amide bonds. The highest BCUT2D eigenvalue weighted by Gasteiger charge is 2.27. The summed E-state index contributed by atoms with van der Waals surface area (Å²) in [6.45, 7) is 4.66. The fraction of sp³-hybridized carbons (Fsp3) is 0.667. The molecule has 88 valence electrons. The molecule has 0 radical (unpaired) electrons. The van der Waals surface area contributed by atoms with Crippen molar-refractivity contribution in [2.45, 2.75) is 46.1 Å². The SMILES string of the molecule is CCn1nc(C)c(Cl)c1CC(=O)C1CCC1. The van der Waals surface area contributed by atoms with E-state index in [1.165, 1.54) is 6.42 Å². The third-order valence-electron chi connectivity index (χ3n) is 3.36. The van der Waals surface area contributed by atoms with Gasteiger partial charge in [-0.3, -0.25) is 9.48 Å². The van der Waals surface area contributed by atoms with Gasteiger partial charge in [-0.25, -0.2) is 0 Å². The average molecular weight is 241 g/mol. The molecule has 0 atom stereocenters. The van der Waals surface area contributed by atoms with Crippen LogP contribution in [0, 0.1) is 12.8 Å². The van der Waals surface area contributed by atoms with Gasteiger partial charge < -0.3 is 0 Å². The number of Topliss-reactive ketones (excluding diaryl/α,β-unsaturated/α-hetero) is 1. The van der Waals surface area contributed by atoms with Gasteiger partial charge in [-0.15, -0.1) is 0 Å². The standard InChI is InChI=1S/C12H17ClN2O/c1-3-15-10(12(13)8(2)14-15)7-11(16)9-5-4-6-9/h9H,3-7H2,1-2H3. The molecule has 1 aliphatic carbocycles. The van der Waals surface area contributed by atoms with Crippen LogP contribution in [0.4, 0.5) is 0 Å². The number of aryl methyl sites for hydroxylation is 2. The number of aromatic nitrogens is 2. The molecule has 0 N–H and O–H groups in total. The highest BCUT2D eigenvalue weighted by atomic mass is 35.5. The van der Waals surface area contributed by atoms with Gasteiger partial charge in [-0.1, -0.05) is 18.0 Å². The third kappa shape index (κ3) is 2.01. The lowest BCUT2D eigenvalue weighted by atomic mass is 9.81. The molecule has 0 unspecified atom stereocenters. The van der Waals surface area contributed by atoms with Crippen LogP contribution < -0.4 is 0 Å². The van der Waals surface area contributed by atoms with Gasteiger partial charge >= 0.3 is 0 Å². The summed E-state index contributed by atoms with van der Waals surface area (Å²) in [5.74, 6) is 0.597. The summed E-state index contributed by atoms with van der Waals surface area (Å²) in [7, 11) is 0. The molecule has 4 heteroatoms. The second-order valence-electron chi connectivity index (χ2n) is 4.43. The van der Waals surface area contributed by atoms with Crippen LogP contribution >= 0.6 is 11.6 Å². The van der Waals surface area contributed by atoms with E-state index in [1.807, 2.05) is 18.5 Å². The number of ketones is 1. The minimum absolute atomic E-state index is 0.275. The minimum Gasteiger partial charge on any atom is -0.299 e. The Bertz CT molecular complexity index is 407. The Morgan fingerprint density at radius 1 is 1.56 bits per heavy atom. The maximum atomic E-state index is 11.9. The average Bonchev–Trinajstić information content (AvgIpc) is 2.43. The van der Waals surface area contributed by atoms with Crippen molar-refractivity contribution in [3.63, 3.8) is 0 Å². The molecule has 0 aromatic carbocycles. The zero-order valence-corrected chi connectivity index (χ0v) is 10.5. The predicted octanol–water partition coefficient (Wildman–Crippen LogP) is 2.78. The van der Waals surface area contributed by atoms with E-state index >= 15 is 0 Å². The van der Waals surface area contributed by atoms with Crippen LogP contribution in [0.1, 0.15) is 37.6 Å². The van der Waals surface area contributed by atoms with Crippen LogP contribution in [0.25, 0.3) is 0 Å². The lowest BCUT2D eigenvalue weighted by Crippen LogP contribution is -2.24. The first kappa shape index (κ1) is 11.6. The molecule has 0 bridgehead atoms. The predicted molar refractivity (Wildman–Crippen MR) is 63.7 cm³/mol. The van der Waals surface area contributed by atoms with Crippen molar-refractivity contribution in [3.05, 3.63) is 16.4 Å². The fourth-order valence-electron chi connectivity index (χ4n) is 2.08. The second kappa shape index (κ2) is 4.58. The van der Waals surface area contributed by atoms with E-state index in [1.54, 1.807) is 0 Å². The Balaban J connectivity index is 2.16. The monoisotopic (exact) mass is 240 g/mol. The maximum Gasteiger partial charge on any atom is 0.141 e. The largest absolute Gasteiger partial charge is 0.299 e. The highest BCUT2D eigenvalue weighted by molar-refractivity contribution is 6.32. The number of rotatable bonds is 4. The van der Waals surface area contributed by atoms with Crippen LogP contribution in [0.5, 0.6) is 0 Å². The van der Waals surface area contributed by atoms with Gasteiger partial charge in [0.1, 0.15) is 5.78 Å². The smallest absolute Gasteiger partial charge is 0.141 e. The Labute approximate surface area is 101 Å². The van der Waals surface area contributed by atoms with Crippen molar-refractivity contribution in [3.8, 4) is 0 Å². The fourth-order valence-corrected chi connectivity index (χ4v) is 2.28. The lowest BCUT2D eigenvalue weighted by Gasteiger charge is -2.23. The molecule has 1 heterocycles. The Kier molecular flexibility index (Phi) is 3.33. The normalized spacial score (nSPS) is 16.2. The number of hydrogen-bond donors (Lipinski definition) is 0. The summed E-state index contributed by atoms with van der Waals surface area (Å²) in [4.78, 5) is 11.9. The topological polar surface area (TPSA) is 34.9 Å². The van der Waals surface area contributed by atoms with Crippen molar-refractivity contribution in [2.24, 2.45) is 5.92 Å². The molecule has 3 nitrogen and oxygen atoms in total. The molecule has 0 aliphatic heterocycles. The number of hydrogen-bond acceptors (Lipinski definition) is 2. The Morgan fingerprint density at radius 3 is 2.75 bits per heavy atom. The summed E-state index contributed by atoms with van der Waals surface area (Å²) >= 11 is 6.17. The van der Waals surface area contributed by atoms with Crippen molar-refractivity contribution in [1.82, 2.24) is 9.78 Å². The summed E-state index contributed by atoms with van der Waals surface area (Å²) in [6, 6.07) is 0. The Morgan fingerprint density at radius 2 is 2.25 bits per heavy atom. The molecule has 1 fully saturated rings. The summed E-state index contributed by atoms with van der Waals surface area (Å²) in [5.41, 5.74) is 1.71. The molecule has 1 saturated carbocycles. The van der Waals surface area contributed by atoms with E-state index in [2.05, 4.69) is 5.10 Å². The number of halogens is 1. The van der Waals surface area contributed by atoms with Crippen molar-refractivity contribution < 1.29 is 4.79 Å². The summed E-state index contributed by atoms with van der Waals surface area (Å²) < 4.78 is 1.84. The van der Waals surface area contributed by atoms with Crippen LogP contribution in [-0.2, 0) is 17.8 Å². The second-order valence-corrected chi connectivity index (χ2v) is 4.81. The van der Waals surface area contributed by atoms with E-state index in [0.29, 0.717) is 17.2 Å². The summed E-state index contributed by atoms with van der Waals surface area (Å²) in [5, 5.41) is 4.98. The van der Waals surface area contributed by atoms with Gasteiger partial charge in [-0.05, 0) is 26.7 Å². The zero-order chi connectivity index (χ0) is 11.7. The van der Waals surface area contributed by atoms with Crippen LogP contribution in [0.15, 0.2) is 0 Å². The van der Waals surface area contributed by atoms with Gasteiger partial charge in [0.25, 0.3) is 0 Å². The van der Waals surface area contributed by atoms with Gasteiger partial charge in [0.15, 0.2) is 0 Å². The van der Waals surface area contributed by atoms with Crippen molar-refractivity contribution in [2.75, 3.05) is 0 Å². The first-order valence-electron chi connectivity index (χ1n) is 5.88. The lowest BCUT2D eigenvalue weighted by molar-refractivity contribution is -0.124. The Hall–Kier alpha value is -0.830. The minimum atomic E-state index is 0.275. The number of carbonyl (C=O) groups is 1. The van der Waals surface area contributed by atoms with Crippen LogP contribution in [-0.4, -0.2) is 15.6 Å². The number of nitrogens with zero attached hydrogens (tertiary/aromatic N) is 2. The van der Waals surface area contributed by atoms with Crippen molar-refractivity contribution >= 4 is 17.4 Å². The van der Waals surface area contributed by atoms with E-state index in [9.17, 15) is 4.79 Å². The highest BCUT2D eigenvalue weighted by Crippen LogP contribution is 2.30. The zero-order valence-electron chi connectivity index (χ0n) is 9.79. The van der Waals surface area contributed by atoms with Crippen LogP contribution in [0.2, 0.25) is 5.02 Å². The molecule has 0 saturated heterocycles. The molecule has 1 aliphatic rings. The van der Waals surface area contributed by atoms with Gasteiger partial charge in [-0.2, -0.15) is 5.10 Å². The summed E-state index contributed by atoms with van der Waals surface area (Å²) in [6.07, 6.45) is 3.74.